The molecule has 1 aliphatic rings. The van der Waals surface area contributed by atoms with Gasteiger partial charge in [0.05, 0.1) is 17.6 Å². The first kappa shape index (κ1) is 24.7. The molecule has 0 radical (unpaired) electrons. The van der Waals surface area contributed by atoms with Crippen molar-refractivity contribution in [3.63, 3.8) is 0 Å². The Labute approximate surface area is 205 Å². The fraction of sp³-hybridized carbons (Fsp3) is 0.333. The Hall–Kier alpha value is -2.90. The quantitative estimate of drug-likeness (QED) is 0.379. The van der Waals surface area contributed by atoms with E-state index in [1.54, 1.807) is 6.20 Å². The summed E-state index contributed by atoms with van der Waals surface area (Å²) >= 11 is 6.24. The van der Waals surface area contributed by atoms with Gasteiger partial charge in [-0.05, 0) is 37.0 Å². The van der Waals surface area contributed by atoms with Gasteiger partial charge in [-0.15, -0.1) is 12.4 Å². The molecule has 1 fully saturated rings. The minimum atomic E-state index is 0. The Morgan fingerprint density at radius 3 is 2.55 bits per heavy atom. The molecular formula is C24H29Cl2N7. The van der Waals surface area contributed by atoms with Gasteiger partial charge < -0.3 is 10.2 Å². The summed E-state index contributed by atoms with van der Waals surface area (Å²) < 4.78 is 2.05. The van der Waals surface area contributed by atoms with Crippen LogP contribution >= 0.6 is 24.0 Å². The number of benzene rings is 1. The zero-order valence-corrected chi connectivity index (χ0v) is 20.5. The number of aromatic nitrogens is 5. The second-order valence-corrected chi connectivity index (χ2v) is 7.75. The minimum Gasteiger partial charge on any atom is -0.354 e. The van der Waals surface area contributed by atoms with E-state index in [1.165, 1.54) is 19.3 Å². The summed E-state index contributed by atoms with van der Waals surface area (Å²) in [5.74, 6) is 1.49. The van der Waals surface area contributed by atoms with Crippen LogP contribution in [0.1, 0.15) is 38.7 Å². The van der Waals surface area contributed by atoms with Gasteiger partial charge in [0, 0.05) is 43.2 Å². The Bertz CT molecular complexity index is 1170. The maximum absolute atomic E-state index is 6.24. The van der Waals surface area contributed by atoms with E-state index in [0.29, 0.717) is 12.5 Å². The topological polar surface area (TPSA) is 71.2 Å². The third-order valence-electron chi connectivity index (χ3n) is 5.38. The highest BCUT2D eigenvalue weighted by Crippen LogP contribution is 2.26. The van der Waals surface area contributed by atoms with Crippen molar-refractivity contribution in [3.8, 4) is 11.4 Å². The number of imidazole rings is 1. The van der Waals surface area contributed by atoms with E-state index in [-0.39, 0.29) is 12.4 Å². The van der Waals surface area contributed by atoms with Gasteiger partial charge in [-0.1, -0.05) is 43.6 Å². The smallest absolute Gasteiger partial charge is 0.223 e. The van der Waals surface area contributed by atoms with E-state index in [9.17, 15) is 0 Å². The van der Waals surface area contributed by atoms with Crippen LogP contribution in [0.3, 0.4) is 0 Å². The molecule has 3 aromatic heterocycles. The Balaban J connectivity index is 0.000000994. The first-order valence-corrected chi connectivity index (χ1v) is 11.5. The highest BCUT2D eigenvalue weighted by atomic mass is 35.5. The van der Waals surface area contributed by atoms with Gasteiger partial charge in [-0.25, -0.2) is 19.9 Å². The normalized spacial score (nSPS) is 13.1. The zero-order valence-electron chi connectivity index (χ0n) is 18.9. The maximum Gasteiger partial charge on any atom is 0.223 e. The van der Waals surface area contributed by atoms with Crippen LogP contribution < -0.4 is 10.2 Å². The molecule has 1 N–H and O–H groups in total. The molecule has 0 saturated carbocycles. The lowest BCUT2D eigenvalue weighted by Crippen LogP contribution is -2.30. The van der Waals surface area contributed by atoms with Crippen LogP contribution in [0.2, 0.25) is 5.02 Å². The summed E-state index contributed by atoms with van der Waals surface area (Å²) in [6, 6.07) is 9.64. The molecule has 0 bridgehead atoms. The summed E-state index contributed by atoms with van der Waals surface area (Å²) in [5.41, 5.74) is 3.57. The van der Waals surface area contributed by atoms with Gasteiger partial charge in [-0.2, -0.15) is 0 Å². The zero-order chi connectivity index (χ0) is 22.3. The highest BCUT2D eigenvalue weighted by Gasteiger charge is 2.18. The third-order valence-corrected chi connectivity index (χ3v) is 5.75. The summed E-state index contributed by atoms with van der Waals surface area (Å²) in [6.07, 6.45) is 11.0. The molecular weight excluding hydrogens is 457 g/mol. The first-order valence-electron chi connectivity index (χ1n) is 11.2. The fourth-order valence-corrected chi connectivity index (χ4v) is 4.03. The van der Waals surface area contributed by atoms with Gasteiger partial charge in [0.15, 0.2) is 11.5 Å². The van der Waals surface area contributed by atoms with Crippen molar-refractivity contribution in [2.24, 2.45) is 0 Å². The van der Waals surface area contributed by atoms with Gasteiger partial charge in [-0.3, -0.25) is 4.40 Å². The van der Waals surface area contributed by atoms with E-state index < -0.39 is 0 Å². The molecule has 1 aliphatic heterocycles. The molecule has 1 aromatic carbocycles. The lowest BCUT2D eigenvalue weighted by atomic mass is 10.1. The fourth-order valence-electron chi connectivity index (χ4n) is 3.83. The van der Waals surface area contributed by atoms with Crippen molar-refractivity contribution < 1.29 is 0 Å². The lowest BCUT2D eigenvalue weighted by molar-refractivity contribution is 0.574. The predicted octanol–water partition coefficient (Wildman–Crippen LogP) is 5.89. The van der Waals surface area contributed by atoms with E-state index in [2.05, 4.69) is 29.6 Å². The van der Waals surface area contributed by atoms with Crippen molar-refractivity contribution >= 4 is 41.4 Å². The van der Waals surface area contributed by atoms with E-state index in [4.69, 9.17) is 16.6 Å². The van der Waals surface area contributed by atoms with Crippen LogP contribution in [-0.4, -0.2) is 37.4 Å². The van der Waals surface area contributed by atoms with Crippen LogP contribution in [0.5, 0.6) is 0 Å². The second-order valence-electron chi connectivity index (χ2n) is 7.35. The van der Waals surface area contributed by atoms with Crippen LogP contribution in [0, 0.1) is 0 Å². The number of hydrogen-bond donors (Lipinski definition) is 1. The number of halogens is 2. The predicted molar refractivity (Wildman–Crippen MR) is 137 cm³/mol. The standard InChI is InChI=1S/C22H22ClN7.C2H6.ClH/c23-17-7-3-2-6-16(17)14-27-22-25-9-8-18(28-22)19-15-26-21-20(24-10-13-30(19)21)29-11-4-1-5-12-29;1-2;/h2-3,6-10,13,15H,1,4-5,11-12,14H2,(H,25,27,28);1-2H3;1H. The molecule has 0 amide bonds. The number of nitrogens with one attached hydrogen (secondary N) is 1. The number of rotatable bonds is 5. The van der Waals surface area contributed by atoms with Gasteiger partial charge in [0.25, 0.3) is 0 Å². The molecule has 0 atom stereocenters. The summed E-state index contributed by atoms with van der Waals surface area (Å²) in [7, 11) is 0. The number of hydrogen-bond acceptors (Lipinski definition) is 6. The summed E-state index contributed by atoms with van der Waals surface area (Å²) in [6.45, 7) is 6.61. The molecule has 33 heavy (non-hydrogen) atoms. The summed E-state index contributed by atoms with van der Waals surface area (Å²) in [4.78, 5) is 20.6. The average Bonchev–Trinajstić information content (AvgIpc) is 3.30. The molecule has 174 valence electrons. The van der Waals surface area contributed by atoms with Crippen LogP contribution in [0.4, 0.5) is 11.8 Å². The number of nitrogens with zero attached hydrogens (tertiary/aromatic N) is 6. The molecule has 0 spiro atoms. The Morgan fingerprint density at radius 1 is 0.970 bits per heavy atom. The first-order chi connectivity index (χ1) is 15.8. The molecule has 5 rings (SSSR count). The SMILES string of the molecule is CC.Cl.Clc1ccccc1CNc1nccc(-c2cnc3c(N4CCCCC4)nccn23)n1. The molecule has 1 saturated heterocycles. The monoisotopic (exact) mass is 485 g/mol. The molecule has 4 aromatic rings. The van der Waals surface area contributed by atoms with Crippen LogP contribution in [0.15, 0.2) is 55.1 Å². The van der Waals surface area contributed by atoms with Crippen molar-refractivity contribution in [2.45, 2.75) is 39.7 Å². The number of piperidine rings is 1. The van der Waals surface area contributed by atoms with E-state index in [1.807, 2.05) is 62.8 Å². The van der Waals surface area contributed by atoms with Gasteiger partial charge >= 0.3 is 0 Å². The van der Waals surface area contributed by atoms with E-state index >= 15 is 0 Å². The molecule has 4 heterocycles. The van der Waals surface area contributed by atoms with Gasteiger partial charge in [0.1, 0.15) is 0 Å². The van der Waals surface area contributed by atoms with Crippen molar-refractivity contribution in [3.05, 3.63) is 65.7 Å². The molecule has 0 aliphatic carbocycles. The second kappa shape index (κ2) is 11.8. The Morgan fingerprint density at radius 2 is 1.76 bits per heavy atom. The molecule has 0 unspecified atom stereocenters. The van der Waals surface area contributed by atoms with Gasteiger partial charge in [0.2, 0.25) is 5.95 Å². The third kappa shape index (κ3) is 5.54. The number of anilines is 2. The molecule has 9 heteroatoms. The molecule has 7 nitrogen and oxygen atoms in total. The van der Waals surface area contributed by atoms with Crippen molar-refractivity contribution in [2.75, 3.05) is 23.3 Å². The van der Waals surface area contributed by atoms with Crippen molar-refractivity contribution in [1.82, 2.24) is 24.3 Å². The van der Waals surface area contributed by atoms with Crippen molar-refractivity contribution in [1.29, 1.82) is 0 Å². The summed E-state index contributed by atoms with van der Waals surface area (Å²) in [5, 5.41) is 3.98. The largest absolute Gasteiger partial charge is 0.354 e. The average molecular weight is 486 g/mol. The number of fused-ring (bicyclic) bond motifs is 1. The van der Waals surface area contributed by atoms with Crippen LogP contribution in [0.25, 0.3) is 17.0 Å². The highest BCUT2D eigenvalue weighted by molar-refractivity contribution is 6.31. The Kier molecular flexibility index (Phi) is 8.86. The lowest BCUT2D eigenvalue weighted by Gasteiger charge is -2.27. The van der Waals surface area contributed by atoms with E-state index in [0.717, 1.165) is 46.5 Å². The minimum absolute atomic E-state index is 0. The van der Waals surface area contributed by atoms with Crippen LogP contribution in [-0.2, 0) is 6.54 Å². The maximum atomic E-state index is 6.24.